The Kier molecular flexibility index (Phi) is 5.58. The summed E-state index contributed by atoms with van der Waals surface area (Å²) < 4.78 is 17.7. The number of benzene rings is 1. The monoisotopic (exact) mass is 501 g/mol. The standard InChI is InChI=1S/C26H21ClFN7O/c1-34-14-29-33-26(34)21-10-18(28)4-6-20(21)16-8-23(15-2-3-15)32-24(9-16)35-12-17(11-30-35)25-22(27)7-5-19(13-36)31-25/h4-12,14-15,36H,2-3,13H2,1H3. The van der Waals surface area contributed by atoms with Crippen LogP contribution >= 0.6 is 11.6 Å². The number of hydrogen-bond acceptors (Lipinski definition) is 6. The van der Waals surface area contributed by atoms with Crippen LogP contribution < -0.4 is 0 Å². The summed E-state index contributed by atoms with van der Waals surface area (Å²) in [7, 11) is 1.83. The predicted octanol–water partition coefficient (Wildman–Crippen LogP) is 4.95. The Hall–Kier alpha value is -3.95. The van der Waals surface area contributed by atoms with Gasteiger partial charge in [-0.15, -0.1) is 10.2 Å². The van der Waals surface area contributed by atoms with E-state index in [0.717, 1.165) is 29.7 Å². The van der Waals surface area contributed by atoms with Crippen LogP contribution in [-0.4, -0.2) is 39.6 Å². The maximum atomic E-state index is 14.3. The molecule has 0 radical (unpaired) electrons. The lowest BCUT2D eigenvalue weighted by atomic mass is 9.98. The Morgan fingerprint density at radius 3 is 2.67 bits per heavy atom. The molecular formula is C26H21ClFN7O. The van der Waals surface area contributed by atoms with E-state index in [4.69, 9.17) is 16.6 Å². The highest BCUT2D eigenvalue weighted by Crippen LogP contribution is 2.42. The van der Waals surface area contributed by atoms with Gasteiger partial charge in [0.1, 0.15) is 12.1 Å². The van der Waals surface area contributed by atoms with Crippen molar-refractivity contribution in [2.45, 2.75) is 25.4 Å². The summed E-state index contributed by atoms with van der Waals surface area (Å²) in [5, 5.41) is 22.6. The van der Waals surface area contributed by atoms with Gasteiger partial charge in [0.05, 0.1) is 29.2 Å². The molecule has 180 valence electrons. The highest BCUT2D eigenvalue weighted by molar-refractivity contribution is 6.33. The van der Waals surface area contributed by atoms with E-state index in [0.29, 0.717) is 45.1 Å². The maximum Gasteiger partial charge on any atom is 0.164 e. The smallest absolute Gasteiger partial charge is 0.164 e. The van der Waals surface area contributed by atoms with E-state index in [9.17, 15) is 9.50 Å². The van der Waals surface area contributed by atoms with Crippen molar-refractivity contribution < 1.29 is 9.50 Å². The average molecular weight is 502 g/mol. The van der Waals surface area contributed by atoms with Crippen molar-refractivity contribution in [3.63, 3.8) is 0 Å². The van der Waals surface area contributed by atoms with Gasteiger partial charge >= 0.3 is 0 Å². The maximum absolute atomic E-state index is 14.3. The van der Waals surface area contributed by atoms with E-state index in [1.165, 1.54) is 12.1 Å². The van der Waals surface area contributed by atoms with Crippen molar-refractivity contribution in [2.75, 3.05) is 0 Å². The summed E-state index contributed by atoms with van der Waals surface area (Å²) in [4.78, 5) is 9.32. The normalized spacial score (nSPS) is 13.3. The van der Waals surface area contributed by atoms with E-state index < -0.39 is 0 Å². The molecule has 1 saturated carbocycles. The molecule has 10 heteroatoms. The first-order valence-corrected chi connectivity index (χ1v) is 11.9. The van der Waals surface area contributed by atoms with Crippen LogP contribution in [-0.2, 0) is 13.7 Å². The highest BCUT2D eigenvalue weighted by Gasteiger charge is 2.27. The van der Waals surface area contributed by atoms with Crippen LogP contribution in [0.15, 0.2) is 61.2 Å². The van der Waals surface area contributed by atoms with Crippen molar-refractivity contribution >= 4 is 11.6 Å². The predicted molar refractivity (Wildman–Crippen MR) is 133 cm³/mol. The second-order valence-corrected chi connectivity index (χ2v) is 9.24. The van der Waals surface area contributed by atoms with Gasteiger partial charge in [0.15, 0.2) is 11.6 Å². The Morgan fingerprint density at radius 1 is 1.06 bits per heavy atom. The van der Waals surface area contributed by atoms with E-state index in [1.54, 1.807) is 40.0 Å². The van der Waals surface area contributed by atoms with Crippen LogP contribution in [0.1, 0.15) is 30.1 Å². The van der Waals surface area contributed by atoms with Crippen LogP contribution in [0.4, 0.5) is 4.39 Å². The summed E-state index contributed by atoms with van der Waals surface area (Å²) in [6.45, 7) is -0.182. The van der Waals surface area contributed by atoms with Crippen LogP contribution in [0.5, 0.6) is 0 Å². The Labute approximate surface area is 211 Å². The number of rotatable bonds is 6. The van der Waals surface area contributed by atoms with Crippen LogP contribution in [0.25, 0.3) is 39.6 Å². The molecule has 1 fully saturated rings. The number of aliphatic hydroxyl groups is 1. The minimum atomic E-state index is -0.348. The number of aliphatic hydroxyl groups excluding tert-OH is 1. The third kappa shape index (κ3) is 4.16. The number of pyridine rings is 2. The van der Waals surface area contributed by atoms with Gasteiger partial charge in [-0.05, 0) is 60.4 Å². The van der Waals surface area contributed by atoms with Crippen LogP contribution in [0, 0.1) is 5.82 Å². The molecule has 4 heterocycles. The quantitative estimate of drug-likeness (QED) is 0.353. The number of halogens is 2. The first-order chi connectivity index (χ1) is 17.5. The SMILES string of the molecule is Cn1cnnc1-c1cc(F)ccc1-c1cc(C2CC2)nc(-n2cc(-c3nc(CO)ccc3Cl)cn2)c1. The molecule has 8 nitrogen and oxygen atoms in total. The molecular weight excluding hydrogens is 481 g/mol. The highest BCUT2D eigenvalue weighted by atomic mass is 35.5. The lowest BCUT2D eigenvalue weighted by molar-refractivity contribution is 0.277. The van der Waals surface area contributed by atoms with Gasteiger partial charge < -0.3 is 9.67 Å². The van der Waals surface area contributed by atoms with Crippen LogP contribution in [0.3, 0.4) is 0 Å². The minimum absolute atomic E-state index is 0.182. The lowest BCUT2D eigenvalue weighted by Crippen LogP contribution is -2.02. The van der Waals surface area contributed by atoms with Crippen molar-refractivity contribution in [1.29, 1.82) is 0 Å². The molecule has 0 spiro atoms. The molecule has 1 N–H and O–H groups in total. The molecule has 36 heavy (non-hydrogen) atoms. The second kappa shape index (κ2) is 8.92. The first-order valence-electron chi connectivity index (χ1n) is 11.5. The molecule has 0 unspecified atom stereocenters. The largest absolute Gasteiger partial charge is 0.390 e. The zero-order valence-corrected chi connectivity index (χ0v) is 20.1. The van der Waals surface area contributed by atoms with Gasteiger partial charge in [0, 0.05) is 36.0 Å². The molecule has 1 aliphatic carbocycles. The molecule has 0 saturated heterocycles. The van der Waals surface area contributed by atoms with Gasteiger partial charge in [-0.25, -0.2) is 19.0 Å². The van der Waals surface area contributed by atoms with E-state index >= 15 is 0 Å². The lowest BCUT2D eigenvalue weighted by Gasteiger charge is -2.13. The Bertz CT molecular complexity index is 1590. The van der Waals surface area contributed by atoms with Gasteiger partial charge in [-0.2, -0.15) is 5.10 Å². The number of aromatic nitrogens is 7. The van der Waals surface area contributed by atoms with Gasteiger partial charge in [0.25, 0.3) is 0 Å². The van der Waals surface area contributed by atoms with Crippen molar-refractivity contribution in [1.82, 2.24) is 34.5 Å². The third-order valence-corrected chi connectivity index (χ3v) is 6.53. The van der Waals surface area contributed by atoms with Gasteiger partial charge in [0.2, 0.25) is 0 Å². The molecule has 0 aliphatic heterocycles. The van der Waals surface area contributed by atoms with Gasteiger partial charge in [-0.1, -0.05) is 17.7 Å². The molecule has 0 atom stereocenters. The van der Waals surface area contributed by atoms with Crippen LogP contribution in [0.2, 0.25) is 5.02 Å². The minimum Gasteiger partial charge on any atom is -0.390 e. The molecule has 0 amide bonds. The average Bonchev–Trinajstić information content (AvgIpc) is 3.47. The fraction of sp³-hybridized carbons (Fsp3) is 0.192. The zero-order valence-electron chi connectivity index (χ0n) is 19.3. The zero-order chi connectivity index (χ0) is 24.8. The summed E-state index contributed by atoms with van der Waals surface area (Å²) in [5.41, 5.74) is 5.08. The topological polar surface area (TPSA) is 94.5 Å². The number of hydrogen-bond donors (Lipinski definition) is 1. The summed E-state index contributed by atoms with van der Waals surface area (Å²) in [5.74, 6) is 1.24. The molecule has 0 bridgehead atoms. The first kappa shape index (κ1) is 22.5. The fourth-order valence-corrected chi connectivity index (χ4v) is 4.44. The molecule has 1 aliphatic rings. The van der Waals surface area contributed by atoms with E-state index in [-0.39, 0.29) is 12.4 Å². The fourth-order valence-electron chi connectivity index (χ4n) is 4.22. The van der Waals surface area contributed by atoms with Crippen molar-refractivity contribution in [2.24, 2.45) is 7.05 Å². The molecule has 5 aromatic rings. The third-order valence-electron chi connectivity index (χ3n) is 6.23. The number of aryl methyl sites for hydroxylation is 1. The van der Waals surface area contributed by atoms with Crippen molar-refractivity contribution in [3.05, 3.63) is 83.4 Å². The second-order valence-electron chi connectivity index (χ2n) is 8.83. The summed E-state index contributed by atoms with van der Waals surface area (Å²) >= 11 is 6.37. The number of nitrogens with zero attached hydrogens (tertiary/aromatic N) is 7. The Balaban J connectivity index is 1.47. The van der Waals surface area contributed by atoms with Crippen molar-refractivity contribution in [3.8, 4) is 39.6 Å². The summed E-state index contributed by atoms with van der Waals surface area (Å²) in [6, 6.07) is 12.1. The summed E-state index contributed by atoms with van der Waals surface area (Å²) in [6.07, 6.45) is 7.23. The molecule has 6 rings (SSSR count). The molecule has 4 aromatic heterocycles. The van der Waals surface area contributed by atoms with E-state index in [1.807, 2.05) is 19.3 Å². The Morgan fingerprint density at radius 2 is 1.92 bits per heavy atom. The molecule has 1 aromatic carbocycles. The van der Waals surface area contributed by atoms with E-state index in [2.05, 4.69) is 26.3 Å². The van der Waals surface area contributed by atoms with Gasteiger partial charge in [-0.3, -0.25) is 0 Å².